The second kappa shape index (κ2) is 5.57. The SMILES string of the molecule is Cc1nc2ccc(-c3cccc(Oc4ccccc4)c3)cn2n1. The molecule has 23 heavy (non-hydrogen) atoms. The first-order chi connectivity index (χ1) is 11.3. The molecule has 4 nitrogen and oxygen atoms in total. The second-order valence-electron chi connectivity index (χ2n) is 5.32. The molecule has 2 aromatic heterocycles. The normalized spacial score (nSPS) is 10.8. The third-order valence-electron chi connectivity index (χ3n) is 3.58. The molecule has 0 bridgehead atoms. The number of para-hydroxylation sites is 1. The van der Waals surface area contributed by atoms with Gasteiger partial charge in [0.15, 0.2) is 5.65 Å². The summed E-state index contributed by atoms with van der Waals surface area (Å²) in [6.45, 7) is 1.89. The summed E-state index contributed by atoms with van der Waals surface area (Å²) in [7, 11) is 0. The third-order valence-corrected chi connectivity index (χ3v) is 3.58. The summed E-state index contributed by atoms with van der Waals surface area (Å²) >= 11 is 0. The lowest BCUT2D eigenvalue weighted by Gasteiger charge is -2.08. The minimum Gasteiger partial charge on any atom is -0.457 e. The van der Waals surface area contributed by atoms with Crippen LogP contribution in [0.1, 0.15) is 5.82 Å². The van der Waals surface area contributed by atoms with Crippen molar-refractivity contribution in [1.82, 2.24) is 14.6 Å². The van der Waals surface area contributed by atoms with Gasteiger partial charge in [0.2, 0.25) is 0 Å². The van der Waals surface area contributed by atoms with Gasteiger partial charge in [-0.2, -0.15) is 5.10 Å². The minimum absolute atomic E-state index is 0.767. The number of rotatable bonds is 3. The number of pyridine rings is 1. The molecule has 112 valence electrons. The summed E-state index contributed by atoms with van der Waals surface area (Å²) < 4.78 is 7.70. The summed E-state index contributed by atoms with van der Waals surface area (Å²) in [5, 5.41) is 4.36. The summed E-state index contributed by atoms with van der Waals surface area (Å²) in [5.41, 5.74) is 3.00. The van der Waals surface area contributed by atoms with E-state index in [1.165, 1.54) is 0 Å². The van der Waals surface area contributed by atoms with E-state index in [0.29, 0.717) is 0 Å². The van der Waals surface area contributed by atoms with Crippen molar-refractivity contribution in [3.8, 4) is 22.6 Å². The van der Waals surface area contributed by atoms with Crippen LogP contribution in [0.2, 0.25) is 0 Å². The van der Waals surface area contributed by atoms with Crippen molar-refractivity contribution in [2.75, 3.05) is 0 Å². The number of hydrogen-bond acceptors (Lipinski definition) is 3. The second-order valence-corrected chi connectivity index (χ2v) is 5.32. The molecular formula is C19H15N3O. The fraction of sp³-hybridized carbons (Fsp3) is 0.0526. The average Bonchev–Trinajstić information content (AvgIpc) is 2.95. The van der Waals surface area contributed by atoms with Crippen molar-refractivity contribution in [2.45, 2.75) is 6.92 Å². The summed E-state index contributed by atoms with van der Waals surface area (Å²) in [5.74, 6) is 2.40. The Morgan fingerprint density at radius 1 is 0.826 bits per heavy atom. The number of hydrogen-bond donors (Lipinski definition) is 0. The molecule has 0 aliphatic rings. The molecule has 2 heterocycles. The maximum Gasteiger partial charge on any atom is 0.155 e. The number of aromatic nitrogens is 3. The summed E-state index contributed by atoms with van der Waals surface area (Å²) in [6.07, 6.45) is 1.98. The van der Waals surface area contributed by atoms with Gasteiger partial charge in [-0.25, -0.2) is 9.50 Å². The van der Waals surface area contributed by atoms with Gasteiger partial charge in [-0.1, -0.05) is 30.3 Å². The van der Waals surface area contributed by atoms with Crippen LogP contribution in [-0.4, -0.2) is 14.6 Å². The Kier molecular flexibility index (Phi) is 3.27. The molecule has 0 fully saturated rings. The van der Waals surface area contributed by atoms with Crippen LogP contribution in [0.4, 0.5) is 0 Å². The van der Waals surface area contributed by atoms with Gasteiger partial charge in [-0.15, -0.1) is 0 Å². The molecule has 0 atom stereocenters. The van der Waals surface area contributed by atoms with E-state index in [4.69, 9.17) is 4.74 Å². The minimum atomic E-state index is 0.767. The van der Waals surface area contributed by atoms with Crippen molar-refractivity contribution in [2.24, 2.45) is 0 Å². The van der Waals surface area contributed by atoms with Gasteiger partial charge in [0.25, 0.3) is 0 Å². The molecule has 4 rings (SSSR count). The summed E-state index contributed by atoms with van der Waals surface area (Å²) in [6, 6.07) is 21.8. The zero-order valence-corrected chi connectivity index (χ0v) is 12.7. The number of nitrogens with zero attached hydrogens (tertiary/aromatic N) is 3. The average molecular weight is 301 g/mol. The van der Waals surface area contributed by atoms with Gasteiger partial charge in [0, 0.05) is 11.8 Å². The van der Waals surface area contributed by atoms with Crippen LogP contribution in [0.25, 0.3) is 16.8 Å². The zero-order valence-electron chi connectivity index (χ0n) is 12.7. The van der Waals surface area contributed by atoms with E-state index in [0.717, 1.165) is 34.1 Å². The van der Waals surface area contributed by atoms with Gasteiger partial charge >= 0.3 is 0 Å². The standard InChI is InChI=1S/C19H15N3O/c1-14-20-19-11-10-16(13-22(19)21-14)15-6-5-9-18(12-15)23-17-7-3-2-4-8-17/h2-13H,1H3. The molecule has 0 amide bonds. The van der Waals surface area contributed by atoms with Crippen molar-refractivity contribution in [3.63, 3.8) is 0 Å². The van der Waals surface area contributed by atoms with Crippen LogP contribution >= 0.6 is 0 Å². The molecule has 0 radical (unpaired) electrons. The number of aryl methyl sites for hydroxylation is 1. The van der Waals surface area contributed by atoms with Crippen LogP contribution < -0.4 is 4.74 Å². The molecule has 0 saturated carbocycles. The predicted octanol–water partition coefficient (Wildman–Crippen LogP) is 4.50. The predicted molar refractivity (Wildman–Crippen MR) is 89.7 cm³/mol. The first-order valence-electron chi connectivity index (χ1n) is 7.44. The molecule has 0 aliphatic carbocycles. The highest BCUT2D eigenvalue weighted by Crippen LogP contribution is 2.27. The van der Waals surface area contributed by atoms with Gasteiger partial charge in [-0.05, 0) is 48.9 Å². The van der Waals surface area contributed by atoms with Crippen molar-refractivity contribution in [1.29, 1.82) is 0 Å². The van der Waals surface area contributed by atoms with E-state index in [2.05, 4.69) is 16.1 Å². The molecule has 0 spiro atoms. The topological polar surface area (TPSA) is 39.4 Å². The molecule has 0 unspecified atom stereocenters. The van der Waals surface area contributed by atoms with Crippen LogP contribution in [-0.2, 0) is 0 Å². The van der Waals surface area contributed by atoms with E-state index in [1.54, 1.807) is 4.52 Å². The van der Waals surface area contributed by atoms with Gasteiger partial charge in [-0.3, -0.25) is 0 Å². The monoisotopic (exact) mass is 301 g/mol. The fourth-order valence-corrected chi connectivity index (χ4v) is 2.53. The lowest BCUT2D eigenvalue weighted by Crippen LogP contribution is -1.89. The highest BCUT2D eigenvalue weighted by atomic mass is 16.5. The van der Waals surface area contributed by atoms with E-state index < -0.39 is 0 Å². The van der Waals surface area contributed by atoms with Crippen LogP contribution in [0.15, 0.2) is 72.9 Å². The quantitative estimate of drug-likeness (QED) is 0.559. The Hall–Kier alpha value is -3.14. The van der Waals surface area contributed by atoms with E-state index >= 15 is 0 Å². The maximum atomic E-state index is 5.90. The van der Waals surface area contributed by atoms with E-state index in [9.17, 15) is 0 Å². The van der Waals surface area contributed by atoms with Crippen molar-refractivity contribution in [3.05, 3.63) is 78.8 Å². The van der Waals surface area contributed by atoms with Gasteiger partial charge in [0.1, 0.15) is 17.3 Å². The first-order valence-corrected chi connectivity index (χ1v) is 7.44. The number of ether oxygens (including phenoxy) is 1. The first kappa shape index (κ1) is 13.5. The molecule has 0 saturated heterocycles. The van der Waals surface area contributed by atoms with Crippen LogP contribution in [0.3, 0.4) is 0 Å². The Morgan fingerprint density at radius 3 is 2.52 bits per heavy atom. The van der Waals surface area contributed by atoms with E-state index in [1.807, 2.05) is 73.8 Å². The smallest absolute Gasteiger partial charge is 0.155 e. The van der Waals surface area contributed by atoms with E-state index in [-0.39, 0.29) is 0 Å². The van der Waals surface area contributed by atoms with Gasteiger partial charge < -0.3 is 4.74 Å². The Balaban J connectivity index is 1.69. The number of benzene rings is 2. The van der Waals surface area contributed by atoms with Crippen molar-refractivity contribution < 1.29 is 4.74 Å². The lowest BCUT2D eigenvalue weighted by atomic mass is 10.1. The fourth-order valence-electron chi connectivity index (χ4n) is 2.53. The molecule has 4 heteroatoms. The zero-order chi connectivity index (χ0) is 15.6. The van der Waals surface area contributed by atoms with Crippen LogP contribution in [0.5, 0.6) is 11.5 Å². The molecule has 4 aromatic rings. The van der Waals surface area contributed by atoms with Crippen molar-refractivity contribution >= 4 is 5.65 Å². The lowest BCUT2D eigenvalue weighted by molar-refractivity contribution is 0.483. The van der Waals surface area contributed by atoms with Gasteiger partial charge in [0.05, 0.1) is 0 Å². The highest BCUT2D eigenvalue weighted by Gasteiger charge is 2.04. The Labute approximate surface area is 134 Å². The Bertz CT molecular complexity index is 961. The maximum absolute atomic E-state index is 5.90. The summed E-state index contributed by atoms with van der Waals surface area (Å²) in [4.78, 5) is 4.35. The Morgan fingerprint density at radius 2 is 1.65 bits per heavy atom. The highest BCUT2D eigenvalue weighted by molar-refractivity contribution is 5.66. The third kappa shape index (κ3) is 2.79. The molecule has 0 aliphatic heterocycles. The molecule has 0 N–H and O–H groups in total. The largest absolute Gasteiger partial charge is 0.457 e. The number of fused-ring (bicyclic) bond motifs is 1. The molecular weight excluding hydrogens is 286 g/mol. The van der Waals surface area contributed by atoms with Crippen LogP contribution in [0, 0.1) is 6.92 Å². The molecule has 2 aromatic carbocycles.